The van der Waals surface area contributed by atoms with Gasteiger partial charge in [-0.05, 0) is 32.8 Å². The smallest absolute Gasteiger partial charge is 0.237 e. The number of hydrogen-bond donors (Lipinski definition) is 1. The van der Waals surface area contributed by atoms with E-state index in [4.69, 9.17) is 5.11 Å². The first kappa shape index (κ1) is 17.7. The Balaban J connectivity index is 2.60. The molecule has 0 heterocycles. The molecule has 0 unspecified atom stereocenters. The maximum absolute atomic E-state index is 12.5. The van der Waals surface area contributed by atoms with E-state index in [0.29, 0.717) is 32.1 Å². The van der Waals surface area contributed by atoms with Gasteiger partial charge in [-0.1, -0.05) is 30.3 Å². The fraction of sp³-hybridized carbons (Fsp3) is 0.588. The average molecular weight is 292 g/mol. The van der Waals surface area contributed by atoms with Crippen molar-refractivity contribution in [2.45, 2.75) is 39.8 Å². The van der Waals surface area contributed by atoms with Crippen molar-refractivity contribution in [3.8, 4) is 0 Å². The van der Waals surface area contributed by atoms with Crippen LogP contribution in [0.2, 0.25) is 0 Å². The van der Waals surface area contributed by atoms with Gasteiger partial charge in [0.25, 0.3) is 0 Å². The molecule has 0 radical (unpaired) electrons. The van der Waals surface area contributed by atoms with E-state index in [-0.39, 0.29) is 12.5 Å². The third kappa shape index (κ3) is 6.27. The predicted molar refractivity (Wildman–Crippen MR) is 85.9 cm³/mol. The lowest BCUT2D eigenvalue weighted by atomic mass is 10.2. The van der Waals surface area contributed by atoms with E-state index in [1.54, 1.807) is 0 Å². The zero-order chi connectivity index (χ0) is 15.7. The van der Waals surface area contributed by atoms with E-state index in [1.807, 2.05) is 42.2 Å². The maximum Gasteiger partial charge on any atom is 0.237 e. The van der Waals surface area contributed by atoms with Gasteiger partial charge in [0.2, 0.25) is 5.91 Å². The molecule has 0 aliphatic rings. The minimum absolute atomic E-state index is 0.146. The van der Waals surface area contributed by atoms with Crippen molar-refractivity contribution < 1.29 is 9.90 Å². The largest absolute Gasteiger partial charge is 0.396 e. The highest BCUT2D eigenvalue weighted by atomic mass is 16.3. The molecule has 1 rings (SSSR count). The van der Waals surface area contributed by atoms with Gasteiger partial charge in [0.15, 0.2) is 0 Å². The zero-order valence-electron chi connectivity index (χ0n) is 13.5. The summed E-state index contributed by atoms with van der Waals surface area (Å²) in [5, 5.41) is 8.96. The van der Waals surface area contributed by atoms with Gasteiger partial charge in [0.1, 0.15) is 0 Å². The number of hydrogen-bond acceptors (Lipinski definition) is 3. The zero-order valence-corrected chi connectivity index (χ0v) is 13.5. The summed E-state index contributed by atoms with van der Waals surface area (Å²) in [5.74, 6) is 0.146. The lowest BCUT2D eigenvalue weighted by Gasteiger charge is -2.29. The summed E-state index contributed by atoms with van der Waals surface area (Å²) in [4.78, 5) is 16.5. The molecule has 0 aromatic heterocycles. The fourth-order valence-electron chi connectivity index (χ4n) is 2.25. The third-order valence-electron chi connectivity index (χ3n) is 3.62. The average Bonchev–Trinajstić information content (AvgIpc) is 2.49. The summed E-state index contributed by atoms with van der Waals surface area (Å²) in [5.41, 5.74) is 1.15. The molecule has 0 fully saturated rings. The molecular weight excluding hydrogens is 264 g/mol. The second-order valence-electron chi connectivity index (χ2n) is 5.53. The maximum atomic E-state index is 12.5. The lowest BCUT2D eigenvalue weighted by molar-refractivity contribution is -0.133. The number of aliphatic hydroxyl groups excluding tert-OH is 1. The van der Waals surface area contributed by atoms with Crippen molar-refractivity contribution in [1.82, 2.24) is 9.80 Å². The van der Waals surface area contributed by atoms with Gasteiger partial charge in [-0.25, -0.2) is 0 Å². The summed E-state index contributed by atoms with van der Waals surface area (Å²) in [6.07, 6.45) is 0.705. The monoisotopic (exact) mass is 292 g/mol. The van der Waals surface area contributed by atoms with Gasteiger partial charge >= 0.3 is 0 Å². The predicted octanol–water partition coefficient (Wildman–Crippen LogP) is 2.13. The highest BCUT2D eigenvalue weighted by Gasteiger charge is 2.18. The number of amides is 1. The molecule has 0 saturated heterocycles. The Bertz CT molecular complexity index is 407. The number of aliphatic hydroxyl groups is 1. The number of carbonyl (C=O) groups is 1. The molecule has 1 amide bonds. The first-order chi connectivity index (χ1) is 10.1. The SMILES string of the molecule is CCN(Cc1ccccc1)C(=O)CN(CCCO)C(C)C. The van der Waals surface area contributed by atoms with Crippen LogP contribution in [0, 0.1) is 0 Å². The van der Waals surface area contributed by atoms with Crippen LogP contribution >= 0.6 is 0 Å². The van der Waals surface area contributed by atoms with E-state index >= 15 is 0 Å². The molecule has 0 saturated carbocycles. The first-order valence-corrected chi connectivity index (χ1v) is 7.75. The minimum Gasteiger partial charge on any atom is -0.396 e. The van der Waals surface area contributed by atoms with Gasteiger partial charge in [0.05, 0.1) is 6.54 Å². The Morgan fingerprint density at radius 1 is 1.24 bits per heavy atom. The van der Waals surface area contributed by atoms with Gasteiger partial charge < -0.3 is 10.0 Å². The van der Waals surface area contributed by atoms with Crippen LogP contribution in [-0.4, -0.2) is 53.1 Å². The Morgan fingerprint density at radius 3 is 2.43 bits per heavy atom. The number of benzene rings is 1. The number of likely N-dealkylation sites (N-methyl/N-ethyl adjacent to an activating group) is 1. The van der Waals surface area contributed by atoms with Gasteiger partial charge in [-0.2, -0.15) is 0 Å². The van der Waals surface area contributed by atoms with E-state index in [0.717, 1.165) is 12.1 Å². The highest BCUT2D eigenvalue weighted by Crippen LogP contribution is 2.07. The van der Waals surface area contributed by atoms with Crippen molar-refractivity contribution in [2.24, 2.45) is 0 Å². The summed E-state index contributed by atoms with van der Waals surface area (Å²) in [6, 6.07) is 10.4. The van der Waals surface area contributed by atoms with E-state index in [9.17, 15) is 4.79 Å². The minimum atomic E-state index is 0.146. The van der Waals surface area contributed by atoms with Gasteiger partial charge in [-0.15, -0.1) is 0 Å². The summed E-state index contributed by atoms with van der Waals surface area (Å²) < 4.78 is 0. The van der Waals surface area contributed by atoms with Crippen LogP contribution in [0.25, 0.3) is 0 Å². The molecule has 1 aromatic rings. The van der Waals surface area contributed by atoms with Crippen molar-refractivity contribution in [3.63, 3.8) is 0 Å². The molecule has 0 aliphatic carbocycles. The quantitative estimate of drug-likeness (QED) is 0.758. The standard InChI is InChI=1S/C17H28N2O2/c1-4-18(13-16-9-6-5-7-10-16)17(21)14-19(15(2)3)11-8-12-20/h5-7,9-10,15,20H,4,8,11-14H2,1-3H3. The van der Waals surface area contributed by atoms with Crippen LogP contribution in [0.15, 0.2) is 30.3 Å². The molecule has 4 nitrogen and oxygen atoms in total. The first-order valence-electron chi connectivity index (χ1n) is 7.75. The number of rotatable bonds is 9. The van der Waals surface area contributed by atoms with Gasteiger partial charge in [0, 0.05) is 32.3 Å². The molecule has 118 valence electrons. The van der Waals surface area contributed by atoms with Crippen LogP contribution in [0.5, 0.6) is 0 Å². The lowest BCUT2D eigenvalue weighted by Crippen LogP contribution is -2.43. The van der Waals surface area contributed by atoms with Crippen molar-refractivity contribution in [2.75, 3.05) is 26.2 Å². The summed E-state index contributed by atoms with van der Waals surface area (Å²) >= 11 is 0. The topological polar surface area (TPSA) is 43.8 Å². The highest BCUT2D eigenvalue weighted by molar-refractivity contribution is 5.78. The normalized spacial score (nSPS) is 11.1. The summed E-state index contributed by atoms with van der Waals surface area (Å²) in [6.45, 7) is 8.87. The molecule has 21 heavy (non-hydrogen) atoms. The number of carbonyl (C=O) groups excluding carboxylic acids is 1. The molecule has 0 aliphatic heterocycles. The Kier molecular flexibility index (Phi) is 8.01. The molecule has 0 spiro atoms. The van der Waals surface area contributed by atoms with Crippen LogP contribution < -0.4 is 0 Å². The van der Waals surface area contributed by atoms with Crippen LogP contribution in [0.4, 0.5) is 0 Å². The molecule has 4 heteroatoms. The van der Waals surface area contributed by atoms with E-state index in [2.05, 4.69) is 18.7 Å². The second kappa shape index (κ2) is 9.53. The fourth-order valence-corrected chi connectivity index (χ4v) is 2.25. The van der Waals surface area contributed by atoms with Gasteiger partial charge in [-0.3, -0.25) is 9.69 Å². The van der Waals surface area contributed by atoms with Crippen molar-refractivity contribution in [3.05, 3.63) is 35.9 Å². The van der Waals surface area contributed by atoms with Crippen molar-refractivity contribution in [1.29, 1.82) is 0 Å². The van der Waals surface area contributed by atoms with E-state index in [1.165, 1.54) is 0 Å². The second-order valence-corrected chi connectivity index (χ2v) is 5.53. The van der Waals surface area contributed by atoms with Crippen LogP contribution in [0.3, 0.4) is 0 Å². The Morgan fingerprint density at radius 2 is 1.90 bits per heavy atom. The van der Waals surface area contributed by atoms with Crippen LogP contribution in [0.1, 0.15) is 32.8 Å². The molecular formula is C17H28N2O2. The van der Waals surface area contributed by atoms with Crippen LogP contribution in [-0.2, 0) is 11.3 Å². The molecule has 0 atom stereocenters. The van der Waals surface area contributed by atoms with Crippen molar-refractivity contribution >= 4 is 5.91 Å². The van der Waals surface area contributed by atoms with E-state index < -0.39 is 0 Å². The molecule has 0 bridgehead atoms. The Labute approximate surface area is 128 Å². The molecule has 1 N–H and O–H groups in total. The molecule has 1 aromatic carbocycles. The number of nitrogens with zero attached hydrogens (tertiary/aromatic N) is 2. The summed E-state index contributed by atoms with van der Waals surface area (Å²) in [7, 11) is 0. The third-order valence-corrected chi connectivity index (χ3v) is 3.62. The Hall–Kier alpha value is -1.39.